The highest BCUT2D eigenvalue weighted by molar-refractivity contribution is 5.67. The average molecular weight is 327 g/mol. The molecule has 0 aromatic heterocycles. The van der Waals surface area contributed by atoms with Gasteiger partial charge in [-0.2, -0.15) is 0 Å². The summed E-state index contributed by atoms with van der Waals surface area (Å²) in [6.07, 6.45) is -3.83. The fraction of sp³-hybridized carbons (Fsp3) is 0.500. The third-order valence-electron chi connectivity index (χ3n) is 2.82. The smallest absolute Gasteiger partial charge is 0.407 e. The summed E-state index contributed by atoms with van der Waals surface area (Å²) in [4.78, 5) is 21.8. The zero-order valence-corrected chi connectivity index (χ0v) is 13.1. The number of ether oxygens (including phenoxy) is 1. The fourth-order valence-corrected chi connectivity index (χ4v) is 1.85. The number of nitrogens with one attached hydrogen (secondary N) is 1. The van der Waals surface area contributed by atoms with Crippen molar-refractivity contribution in [3.05, 3.63) is 33.9 Å². The summed E-state index contributed by atoms with van der Waals surface area (Å²) in [6, 6.07) is 4.03. The zero-order valence-electron chi connectivity index (χ0n) is 13.1. The topological polar surface area (TPSA) is 148 Å². The number of nitrogen functional groups attached to an aromatic ring is 1. The van der Waals surface area contributed by atoms with Crippen LogP contribution in [0.15, 0.2) is 18.2 Å². The lowest BCUT2D eigenvalue weighted by Crippen LogP contribution is -2.39. The maximum atomic E-state index is 11.5. The molecule has 0 radical (unpaired) electrons. The Kier molecular flexibility index (Phi) is 5.88. The van der Waals surface area contributed by atoms with Gasteiger partial charge in [0.2, 0.25) is 0 Å². The molecule has 0 saturated carbocycles. The fourth-order valence-electron chi connectivity index (χ4n) is 1.85. The molecule has 0 aliphatic carbocycles. The summed E-state index contributed by atoms with van der Waals surface area (Å²) in [5, 5.41) is 33.3. The van der Waals surface area contributed by atoms with Crippen LogP contribution >= 0.6 is 0 Å². The molecular formula is C14H21N3O6. The van der Waals surface area contributed by atoms with Crippen LogP contribution < -0.4 is 11.1 Å². The number of carbonyl (C=O) groups is 1. The normalized spacial score (nSPS) is 14.0. The van der Waals surface area contributed by atoms with E-state index < -0.39 is 34.5 Å². The number of carbonyl (C=O) groups excluding carboxylic acids is 1. The predicted octanol–water partition coefficient (Wildman–Crippen LogP) is 1.10. The zero-order chi connectivity index (χ0) is 17.8. The minimum atomic E-state index is -1.59. The van der Waals surface area contributed by atoms with Crippen molar-refractivity contribution < 1.29 is 24.7 Å². The molecular weight excluding hydrogens is 306 g/mol. The van der Waals surface area contributed by atoms with Crippen LogP contribution in [0.25, 0.3) is 0 Å². The van der Waals surface area contributed by atoms with Gasteiger partial charge in [-0.25, -0.2) is 4.79 Å². The number of nitrogens with two attached hydrogens (primary N) is 1. The van der Waals surface area contributed by atoms with E-state index in [2.05, 4.69) is 5.32 Å². The molecule has 0 heterocycles. The van der Waals surface area contributed by atoms with E-state index in [4.69, 9.17) is 10.5 Å². The van der Waals surface area contributed by atoms with Crippen LogP contribution in [-0.2, 0) is 4.74 Å². The van der Waals surface area contributed by atoms with Gasteiger partial charge in [-0.15, -0.1) is 0 Å². The number of anilines is 1. The van der Waals surface area contributed by atoms with Gasteiger partial charge in [0.05, 0.1) is 10.5 Å². The Bertz CT molecular complexity index is 584. The van der Waals surface area contributed by atoms with E-state index in [1.807, 2.05) is 0 Å². The lowest BCUT2D eigenvalue weighted by Gasteiger charge is -2.22. The number of alkyl carbamates (subject to hydrolysis) is 1. The van der Waals surface area contributed by atoms with E-state index in [0.29, 0.717) is 0 Å². The number of hydrogen-bond acceptors (Lipinski definition) is 7. The molecule has 1 aromatic carbocycles. The van der Waals surface area contributed by atoms with E-state index in [9.17, 15) is 25.1 Å². The van der Waals surface area contributed by atoms with Gasteiger partial charge in [-0.3, -0.25) is 10.1 Å². The second-order valence-corrected chi connectivity index (χ2v) is 5.94. The highest BCUT2D eigenvalue weighted by Crippen LogP contribution is 2.32. The van der Waals surface area contributed by atoms with Crippen molar-refractivity contribution in [2.24, 2.45) is 0 Å². The van der Waals surface area contributed by atoms with Gasteiger partial charge in [-0.1, -0.05) is 6.07 Å². The van der Waals surface area contributed by atoms with Crippen molar-refractivity contribution in [3.63, 3.8) is 0 Å². The Morgan fingerprint density at radius 3 is 2.57 bits per heavy atom. The summed E-state index contributed by atoms with van der Waals surface area (Å²) in [5.41, 5.74) is 4.09. The number of nitro groups is 1. The van der Waals surface area contributed by atoms with E-state index >= 15 is 0 Å². The van der Waals surface area contributed by atoms with Crippen molar-refractivity contribution in [1.82, 2.24) is 5.32 Å². The average Bonchev–Trinajstić information content (AvgIpc) is 2.41. The SMILES string of the molecule is CC(C)(C)OC(=O)NCC(O)C(O)c1cccc(N)c1[N+](=O)[O-]. The van der Waals surface area contributed by atoms with E-state index in [1.165, 1.54) is 18.2 Å². The van der Waals surface area contributed by atoms with Crippen LogP contribution in [0.1, 0.15) is 32.4 Å². The Hall–Kier alpha value is -2.39. The van der Waals surface area contributed by atoms with Gasteiger partial charge in [0.25, 0.3) is 5.69 Å². The number of aliphatic hydroxyl groups excluding tert-OH is 2. The summed E-state index contributed by atoms with van der Waals surface area (Å²) in [7, 11) is 0. The second-order valence-electron chi connectivity index (χ2n) is 5.94. The van der Waals surface area contributed by atoms with Crippen molar-refractivity contribution in [3.8, 4) is 0 Å². The van der Waals surface area contributed by atoms with Crippen LogP contribution in [0, 0.1) is 10.1 Å². The molecule has 2 unspecified atom stereocenters. The van der Waals surface area contributed by atoms with Gasteiger partial charge in [-0.05, 0) is 32.9 Å². The van der Waals surface area contributed by atoms with Crippen molar-refractivity contribution in [2.75, 3.05) is 12.3 Å². The Morgan fingerprint density at radius 2 is 2.04 bits per heavy atom. The first-order chi connectivity index (χ1) is 10.5. The molecule has 1 rings (SSSR count). The van der Waals surface area contributed by atoms with E-state index in [0.717, 1.165) is 0 Å². The minimum Gasteiger partial charge on any atom is -0.444 e. The number of benzene rings is 1. The van der Waals surface area contributed by atoms with Crippen LogP contribution in [0.4, 0.5) is 16.2 Å². The van der Waals surface area contributed by atoms with Crippen molar-refractivity contribution in [1.29, 1.82) is 0 Å². The predicted molar refractivity (Wildman–Crippen MR) is 82.7 cm³/mol. The number of nitro benzene ring substituents is 1. The molecule has 2 atom stereocenters. The number of amides is 1. The largest absolute Gasteiger partial charge is 0.444 e. The lowest BCUT2D eigenvalue weighted by atomic mass is 10.0. The van der Waals surface area contributed by atoms with E-state index in [-0.39, 0.29) is 17.8 Å². The molecule has 0 fully saturated rings. The highest BCUT2D eigenvalue weighted by Gasteiger charge is 2.28. The highest BCUT2D eigenvalue weighted by atomic mass is 16.6. The van der Waals surface area contributed by atoms with Crippen LogP contribution in [0.3, 0.4) is 0 Å². The molecule has 9 heteroatoms. The molecule has 1 aromatic rings. The summed E-state index contributed by atoms with van der Waals surface area (Å²) in [5.74, 6) is 0. The molecule has 1 amide bonds. The van der Waals surface area contributed by atoms with Gasteiger partial charge >= 0.3 is 6.09 Å². The number of para-hydroxylation sites is 1. The summed E-state index contributed by atoms with van der Waals surface area (Å²) < 4.78 is 4.98. The van der Waals surface area contributed by atoms with Crippen LogP contribution in [-0.4, -0.2) is 39.5 Å². The maximum Gasteiger partial charge on any atom is 0.407 e. The maximum absolute atomic E-state index is 11.5. The van der Waals surface area contributed by atoms with Crippen molar-refractivity contribution in [2.45, 2.75) is 38.6 Å². The number of hydrogen-bond donors (Lipinski definition) is 4. The first kappa shape index (κ1) is 18.7. The molecule has 0 saturated heterocycles. The Labute approximate surface area is 133 Å². The second kappa shape index (κ2) is 7.25. The molecule has 5 N–H and O–H groups in total. The van der Waals surface area contributed by atoms with Crippen molar-refractivity contribution >= 4 is 17.5 Å². The number of nitrogens with zero attached hydrogens (tertiary/aromatic N) is 1. The molecule has 0 aliphatic heterocycles. The number of rotatable bonds is 5. The molecule has 0 spiro atoms. The van der Waals surface area contributed by atoms with Crippen LogP contribution in [0.5, 0.6) is 0 Å². The lowest BCUT2D eigenvalue weighted by molar-refractivity contribution is -0.385. The van der Waals surface area contributed by atoms with E-state index in [1.54, 1.807) is 20.8 Å². The monoisotopic (exact) mass is 327 g/mol. The third-order valence-corrected chi connectivity index (χ3v) is 2.82. The van der Waals surface area contributed by atoms with Gasteiger partial charge in [0.1, 0.15) is 23.5 Å². The van der Waals surface area contributed by atoms with Gasteiger partial charge < -0.3 is 26.0 Å². The molecule has 0 aliphatic rings. The Morgan fingerprint density at radius 1 is 1.43 bits per heavy atom. The quantitative estimate of drug-likeness (QED) is 0.359. The number of aliphatic hydroxyl groups is 2. The molecule has 0 bridgehead atoms. The summed E-state index contributed by atoms with van der Waals surface area (Å²) in [6.45, 7) is 4.68. The van der Waals surface area contributed by atoms with Crippen LogP contribution in [0.2, 0.25) is 0 Å². The summed E-state index contributed by atoms with van der Waals surface area (Å²) >= 11 is 0. The first-order valence-electron chi connectivity index (χ1n) is 6.88. The minimum absolute atomic E-state index is 0.126. The Balaban J connectivity index is 2.78. The van der Waals surface area contributed by atoms with Gasteiger partial charge in [0, 0.05) is 6.54 Å². The molecule has 128 valence electrons. The molecule has 23 heavy (non-hydrogen) atoms. The molecule has 9 nitrogen and oxygen atoms in total. The first-order valence-corrected chi connectivity index (χ1v) is 6.88. The third kappa shape index (κ3) is 5.38. The van der Waals surface area contributed by atoms with Gasteiger partial charge in [0.15, 0.2) is 0 Å². The standard InChI is InChI=1S/C14H21N3O6/c1-14(2,3)23-13(20)16-7-10(18)12(19)8-5-4-6-9(15)11(8)17(21)22/h4-6,10,12,18-19H,7,15H2,1-3H3,(H,16,20).